The average Bonchev–Trinajstić information content (AvgIpc) is 3.54. The van der Waals surface area contributed by atoms with Crippen molar-refractivity contribution >= 4 is 17.3 Å². The van der Waals surface area contributed by atoms with E-state index < -0.39 is 10.8 Å². The third-order valence-electron chi connectivity index (χ3n) is 5.47. The van der Waals surface area contributed by atoms with Crippen molar-refractivity contribution in [1.82, 2.24) is 9.78 Å². The Morgan fingerprint density at radius 1 is 1.05 bits per heavy atom. The molecule has 0 aliphatic carbocycles. The zero-order valence-electron chi connectivity index (χ0n) is 21.3. The van der Waals surface area contributed by atoms with Crippen LogP contribution in [0.1, 0.15) is 41.3 Å². The third kappa shape index (κ3) is 6.49. The molecule has 0 aliphatic rings. The van der Waals surface area contributed by atoms with Crippen molar-refractivity contribution in [2.75, 3.05) is 18.5 Å². The van der Waals surface area contributed by atoms with Gasteiger partial charge in [-0.1, -0.05) is 6.07 Å². The van der Waals surface area contributed by atoms with Crippen LogP contribution in [0.3, 0.4) is 0 Å². The second kappa shape index (κ2) is 12.0. The molecule has 1 N–H and O–H groups in total. The normalized spacial score (nSPS) is 10.7. The molecular weight excluding hydrogens is 492 g/mol. The summed E-state index contributed by atoms with van der Waals surface area (Å²) in [4.78, 5) is 23.2. The molecule has 2 aromatic heterocycles. The minimum Gasteiger partial charge on any atom is -0.490 e. The molecule has 4 aromatic rings. The second-order valence-electron chi connectivity index (χ2n) is 8.29. The highest BCUT2D eigenvalue weighted by Gasteiger charge is 2.15. The molecule has 1 amide bonds. The number of aromatic nitrogens is 2. The third-order valence-corrected chi connectivity index (χ3v) is 5.47. The fraction of sp³-hybridized carbons (Fsp3) is 0.259. The summed E-state index contributed by atoms with van der Waals surface area (Å²) in [6.45, 7) is 7.09. The fourth-order valence-electron chi connectivity index (χ4n) is 3.74. The molecule has 11 nitrogen and oxygen atoms in total. The Bertz CT molecular complexity index is 1430. The maximum Gasteiger partial charge on any atom is 0.291 e. The van der Waals surface area contributed by atoms with E-state index in [1.165, 1.54) is 12.1 Å². The van der Waals surface area contributed by atoms with E-state index in [1.807, 2.05) is 32.0 Å². The minimum atomic E-state index is -0.446. The molecular formula is C27H28N4O7. The van der Waals surface area contributed by atoms with Crippen LogP contribution in [0, 0.1) is 17.0 Å². The molecule has 0 atom stereocenters. The Morgan fingerprint density at radius 2 is 1.84 bits per heavy atom. The Hall–Kier alpha value is -4.80. The van der Waals surface area contributed by atoms with E-state index in [0.717, 1.165) is 5.56 Å². The summed E-state index contributed by atoms with van der Waals surface area (Å²) < 4.78 is 24.2. The van der Waals surface area contributed by atoms with E-state index in [0.29, 0.717) is 54.0 Å². The molecule has 0 radical (unpaired) electrons. The number of ether oxygens (including phenoxy) is 3. The standard InChI is InChI=1S/C27H28N4O7/c1-4-35-24-10-6-19(13-26(24)36-5-2)15-30-16-20(14-28-30)29-27(32)25-11-8-22(38-25)17-37-21-7-9-23(31(33)34)18(3)12-21/h6-14,16H,4-5,15,17H2,1-3H3,(H,29,32). The van der Waals surface area contributed by atoms with Crippen LogP contribution in [-0.4, -0.2) is 33.8 Å². The number of nitro benzene ring substituents is 1. The van der Waals surface area contributed by atoms with Gasteiger partial charge in [-0.05, 0) is 62.7 Å². The monoisotopic (exact) mass is 520 g/mol. The van der Waals surface area contributed by atoms with Gasteiger partial charge in [-0.3, -0.25) is 19.6 Å². The quantitative estimate of drug-likeness (QED) is 0.195. The zero-order valence-corrected chi connectivity index (χ0v) is 21.3. The van der Waals surface area contributed by atoms with Gasteiger partial charge in [-0.2, -0.15) is 5.10 Å². The first-order chi connectivity index (χ1) is 18.4. The topological polar surface area (TPSA) is 131 Å². The molecule has 4 rings (SSSR count). The summed E-state index contributed by atoms with van der Waals surface area (Å²) in [5.74, 6) is 1.95. The van der Waals surface area contributed by atoms with Crippen molar-refractivity contribution in [3.63, 3.8) is 0 Å². The summed E-state index contributed by atoms with van der Waals surface area (Å²) >= 11 is 0. The van der Waals surface area contributed by atoms with Crippen LogP contribution < -0.4 is 19.5 Å². The minimum absolute atomic E-state index is 0.0207. The van der Waals surface area contributed by atoms with Gasteiger partial charge in [-0.25, -0.2) is 0 Å². The summed E-state index contributed by atoms with van der Waals surface area (Å²) in [6.07, 6.45) is 3.28. The predicted octanol–water partition coefficient (Wildman–Crippen LogP) is 5.37. The van der Waals surface area contributed by atoms with Gasteiger partial charge in [-0.15, -0.1) is 0 Å². The van der Waals surface area contributed by atoms with Gasteiger partial charge < -0.3 is 23.9 Å². The lowest BCUT2D eigenvalue weighted by atomic mass is 10.2. The number of hydrogen-bond donors (Lipinski definition) is 1. The zero-order chi connectivity index (χ0) is 27.1. The highest BCUT2D eigenvalue weighted by Crippen LogP contribution is 2.29. The lowest BCUT2D eigenvalue weighted by Crippen LogP contribution is -2.10. The SMILES string of the molecule is CCOc1ccc(Cn2cc(NC(=O)c3ccc(COc4ccc([N+](=O)[O-])c(C)c4)o3)cn2)cc1OCC. The van der Waals surface area contributed by atoms with Crippen molar-refractivity contribution < 1.29 is 28.3 Å². The number of furan rings is 1. The smallest absolute Gasteiger partial charge is 0.291 e. The molecule has 198 valence electrons. The van der Waals surface area contributed by atoms with Crippen LogP contribution >= 0.6 is 0 Å². The molecule has 2 aromatic carbocycles. The van der Waals surface area contributed by atoms with Crippen LogP contribution in [0.15, 0.2) is 65.3 Å². The van der Waals surface area contributed by atoms with Gasteiger partial charge in [0.2, 0.25) is 0 Å². The van der Waals surface area contributed by atoms with E-state index in [2.05, 4.69) is 10.4 Å². The number of nitrogens with one attached hydrogen (secondary N) is 1. The number of rotatable bonds is 12. The highest BCUT2D eigenvalue weighted by molar-refractivity contribution is 6.02. The highest BCUT2D eigenvalue weighted by atomic mass is 16.6. The van der Waals surface area contributed by atoms with E-state index in [4.69, 9.17) is 18.6 Å². The van der Waals surface area contributed by atoms with Crippen molar-refractivity contribution in [3.05, 3.63) is 93.7 Å². The Morgan fingerprint density at radius 3 is 2.58 bits per heavy atom. The van der Waals surface area contributed by atoms with Crippen molar-refractivity contribution in [3.8, 4) is 17.2 Å². The van der Waals surface area contributed by atoms with Crippen LogP contribution in [0.25, 0.3) is 0 Å². The Kier molecular flexibility index (Phi) is 8.27. The summed E-state index contributed by atoms with van der Waals surface area (Å²) in [7, 11) is 0. The van der Waals surface area contributed by atoms with Crippen molar-refractivity contribution in [1.29, 1.82) is 0 Å². The number of aryl methyl sites for hydroxylation is 1. The number of benzene rings is 2. The van der Waals surface area contributed by atoms with Crippen LogP contribution in [0.4, 0.5) is 11.4 Å². The largest absolute Gasteiger partial charge is 0.490 e. The predicted molar refractivity (Wildman–Crippen MR) is 139 cm³/mol. The molecule has 0 saturated heterocycles. The molecule has 0 fully saturated rings. The number of anilines is 1. The summed E-state index contributed by atoms with van der Waals surface area (Å²) in [5, 5.41) is 18.0. The molecule has 0 aliphatic heterocycles. The average molecular weight is 521 g/mol. The lowest BCUT2D eigenvalue weighted by Gasteiger charge is -2.12. The molecule has 0 bridgehead atoms. The molecule has 0 unspecified atom stereocenters. The summed E-state index contributed by atoms with van der Waals surface area (Å²) in [6, 6.07) is 13.4. The maximum absolute atomic E-state index is 12.7. The maximum atomic E-state index is 12.7. The number of nitro groups is 1. The molecule has 0 spiro atoms. The number of nitrogens with zero attached hydrogens (tertiary/aromatic N) is 3. The number of hydrogen-bond acceptors (Lipinski definition) is 8. The van der Waals surface area contributed by atoms with E-state index in [1.54, 1.807) is 42.2 Å². The van der Waals surface area contributed by atoms with Crippen molar-refractivity contribution in [2.45, 2.75) is 33.9 Å². The summed E-state index contributed by atoms with van der Waals surface area (Å²) in [5.41, 5.74) is 2.00. The van der Waals surface area contributed by atoms with Gasteiger partial charge in [0.05, 0.1) is 36.6 Å². The number of carbonyl (C=O) groups excluding carboxylic acids is 1. The van der Waals surface area contributed by atoms with Crippen LogP contribution in [0.5, 0.6) is 17.2 Å². The van der Waals surface area contributed by atoms with E-state index in [-0.39, 0.29) is 18.1 Å². The first kappa shape index (κ1) is 26.3. The Balaban J connectivity index is 1.33. The van der Waals surface area contributed by atoms with E-state index in [9.17, 15) is 14.9 Å². The first-order valence-corrected chi connectivity index (χ1v) is 12.0. The van der Waals surface area contributed by atoms with Crippen LogP contribution in [-0.2, 0) is 13.2 Å². The van der Waals surface area contributed by atoms with E-state index >= 15 is 0 Å². The second-order valence-corrected chi connectivity index (χ2v) is 8.29. The molecule has 0 saturated carbocycles. The molecule has 2 heterocycles. The number of amides is 1. The fourth-order valence-corrected chi connectivity index (χ4v) is 3.74. The van der Waals surface area contributed by atoms with Gasteiger partial charge in [0.25, 0.3) is 11.6 Å². The number of carbonyl (C=O) groups is 1. The molecule has 38 heavy (non-hydrogen) atoms. The Labute approximate surface area is 219 Å². The lowest BCUT2D eigenvalue weighted by molar-refractivity contribution is -0.385. The molecule has 11 heteroatoms. The van der Waals surface area contributed by atoms with Gasteiger partial charge in [0.1, 0.15) is 18.1 Å². The van der Waals surface area contributed by atoms with Gasteiger partial charge in [0, 0.05) is 17.8 Å². The van der Waals surface area contributed by atoms with Crippen molar-refractivity contribution in [2.24, 2.45) is 0 Å². The van der Waals surface area contributed by atoms with Gasteiger partial charge >= 0.3 is 0 Å². The van der Waals surface area contributed by atoms with Gasteiger partial charge in [0.15, 0.2) is 17.3 Å². The van der Waals surface area contributed by atoms with Crippen LogP contribution in [0.2, 0.25) is 0 Å². The first-order valence-electron chi connectivity index (χ1n) is 12.0.